The number of alkyl halides is 1. The summed E-state index contributed by atoms with van der Waals surface area (Å²) in [6, 6.07) is 5.62. The Hall–Kier alpha value is -1.03. The highest BCUT2D eigenvalue weighted by Crippen LogP contribution is 2.19. The number of hydrogen-bond acceptors (Lipinski definition) is 2. The number of carbonyl (C=O) groups is 1. The molecule has 0 aromatic heterocycles. The van der Waals surface area contributed by atoms with Gasteiger partial charge in [0.15, 0.2) is 0 Å². The summed E-state index contributed by atoms with van der Waals surface area (Å²) in [7, 11) is 1.61. The molecule has 1 amide bonds. The number of benzene rings is 1. The number of hydrogen-bond donors (Lipinski definition) is 1. The molecular formula is C14H20BrNO2. The molecule has 0 spiro atoms. The van der Waals surface area contributed by atoms with Crippen molar-refractivity contribution < 1.29 is 9.53 Å². The number of rotatable bonds is 5. The van der Waals surface area contributed by atoms with Crippen LogP contribution in [0.5, 0.6) is 5.75 Å². The SMILES string of the molecule is COc1cc(C(=O)NC(C)CC(C)Br)ccc1C. The molecule has 1 aromatic rings. The van der Waals surface area contributed by atoms with Gasteiger partial charge >= 0.3 is 0 Å². The largest absolute Gasteiger partial charge is 0.496 e. The van der Waals surface area contributed by atoms with Crippen LogP contribution < -0.4 is 10.1 Å². The molecule has 0 bridgehead atoms. The first-order chi connectivity index (χ1) is 8.43. The fourth-order valence-corrected chi connectivity index (χ4v) is 2.38. The fourth-order valence-electron chi connectivity index (χ4n) is 1.81. The van der Waals surface area contributed by atoms with Crippen LogP contribution in [0.15, 0.2) is 18.2 Å². The molecule has 0 saturated heterocycles. The first-order valence-corrected chi connectivity index (χ1v) is 6.95. The van der Waals surface area contributed by atoms with E-state index in [0.29, 0.717) is 10.4 Å². The minimum Gasteiger partial charge on any atom is -0.496 e. The van der Waals surface area contributed by atoms with Crippen LogP contribution in [0.25, 0.3) is 0 Å². The molecule has 1 aromatic carbocycles. The molecule has 0 saturated carbocycles. The molecule has 1 rings (SSSR count). The van der Waals surface area contributed by atoms with Gasteiger partial charge in [-0.05, 0) is 38.0 Å². The summed E-state index contributed by atoms with van der Waals surface area (Å²) in [6.07, 6.45) is 0.898. The molecule has 0 heterocycles. The van der Waals surface area contributed by atoms with Gasteiger partial charge in [-0.15, -0.1) is 0 Å². The molecule has 0 aliphatic carbocycles. The maximum atomic E-state index is 12.0. The predicted molar refractivity (Wildman–Crippen MR) is 77.7 cm³/mol. The van der Waals surface area contributed by atoms with Crippen LogP contribution in [0.1, 0.15) is 36.2 Å². The summed E-state index contributed by atoms with van der Waals surface area (Å²) in [6.45, 7) is 6.02. The topological polar surface area (TPSA) is 38.3 Å². The van der Waals surface area contributed by atoms with E-state index < -0.39 is 0 Å². The van der Waals surface area contributed by atoms with Crippen molar-refractivity contribution in [3.8, 4) is 5.75 Å². The second kappa shape index (κ2) is 6.78. The van der Waals surface area contributed by atoms with Gasteiger partial charge in [-0.25, -0.2) is 0 Å². The van der Waals surface area contributed by atoms with Crippen molar-refractivity contribution in [3.05, 3.63) is 29.3 Å². The van der Waals surface area contributed by atoms with Gasteiger partial charge in [0.25, 0.3) is 5.91 Å². The highest BCUT2D eigenvalue weighted by molar-refractivity contribution is 9.09. The quantitative estimate of drug-likeness (QED) is 0.847. The van der Waals surface area contributed by atoms with Gasteiger partial charge < -0.3 is 10.1 Å². The Morgan fingerprint density at radius 1 is 1.44 bits per heavy atom. The van der Waals surface area contributed by atoms with E-state index in [9.17, 15) is 4.79 Å². The van der Waals surface area contributed by atoms with Gasteiger partial charge in [-0.1, -0.05) is 28.9 Å². The maximum Gasteiger partial charge on any atom is 0.251 e. The van der Waals surface area contributed by atoms with E-state index in [0.717, 1.165) is 17.7 Å². The Morgan fingerprint density at radius 2 is 2.11 bits per heavy atom. The second-order valence-corrected chi connectivity index (χ2v) is 6.14. The van der Waals surface area contributed by atoms with E-state index in [1.165, 1.54) is 0 Å². The summed E-state index contributed by atoms with van der Waals surface area (Å²) < 4.78 is 5.22. The van der Waals surface area contributed by atoms with E-state index in [-0.39, 0.29) is 11.9 Å². The van der Waals surface area contributed by atoms with Crippen molar-refractivity contribution >= 4 is 21.8 Å². The van der Waals surface area contributed by atoms with Crippen LogP contribution in [0.3, 0.4) is 0 Å². The second-order valence-electron chi connectivity index (χ2n) is 4.58. The molecular weight excluding hydrogens is 294 g/mol. The van der Waals surface area contributed by atoms with Crippen molar-refractivity contribution in [1.82, 2.24) is 5.32 Å². The molecule has 100 valence electrons. The van der Waals surface area contributed by atoms with Gasteiger partial charge in [-0.2, -0.15) is 0 Å². The number of carbonyl (C=O) groups excluding carboxylic acids is 1. The maximum absolute atomic E-state index is 12.0. The summed E-state index contributed by atoms with van der Waals surface area (Å²) >= 11 is 3.48. The minimum absolute atomic E-state index is 0.0612. The van der Waals surface area contributed by atoms with Crippen LogP contribution in [-0.2, 0) is 0 Å². The summed E-state index contributed by atoms with van der Waals surface area (Å²) in [5.41, 5.74) is 1.66. The first kappa shape index (κ1) is 15.0. The average Bonchev–Trinajstić information content (AvgIpc) is 2.28. The van der Waals surface area contributed by atoms with E-state index in [2.05, 4.69) is 28.2 Å². The third kappa shape index (κ3) is 4.33. The Bertz CT molecular complexity index is 418. The zero-order valence-electron chi connectivity index (χ0n) is 11.3. The lowest BCUT2D eigenvalue weighted by atomic mass is 10.1. The molecule has 3 nitrogen and oxygen atoms in total. The Kier molecular flexibility index (Phi) is 5.66. The van der Waals surface area contributed by atoms with E-state index in [1.54, 1.807) is 13.2 Å². The predicted octanol–water partition coefficient (Wildman–Crippen LogP) is 3.30. The number of halogens is 1. The van der Waals surface area contributed by atoms with Crippen molar-refractivity contribution in [2.45, 2.75) is 38.1 Å². The van der Waals surface area contributed by atoms with Crippen LogP contribution in [0.4, 0.5) is 0 Å². The van der Waals surface area contributed by atoms with Crippen LogP contribution in [0.2, 0.25) is 0 Å². The minimum atomic E-state index is -0.0612. The Balaban J connectivity index is 2.72. The third-order valence-corrected chi connectivity index (χ3v) is 3.10. The van der Waals surface area contributed by atoms with E-state index >= 15 is 0 Å². The molecule has 2 atom stereocenters. The molecule has 0 radical (unpaired) electrons. The van der Waals surface area contributed by atoms with Gasteiger partial charge in [0, 0.05) is 16.4 Å². The van der Waals surface area contributed by atoms with Crippen molar-refractivity contribution in [3.63, 3.8) is 0 Å². The van der Waals surface area contributed by atoms with Gasteiger partial charge in [-0.3, -0.25) is 4.79 Å². The standard InChI is InChI=1S/C14H20BrNO2/c1-9-5-6-12(8-13(9)18-4)14(17)16-11(3)7-10(2)15/h5-6,8,10-11H,7H2,1-4H3,(H,16,17). The normalized spacial score (nSPS) is 13.8. The van der Waals surface area contributed by atoms with Crippen molar-refractivity contribution in [2.24, 2.45) is 0 Å². The monoisotopic (exact) mass is 313 g/mol. The summed E-state index contributed by atoms with van der Waals surface area (Å²) in [4.78, 5) is 12.4. The lowest BCUT2D eigenvalue weighted by molar-refractivity contribution is 0.0938. The average molecular weight is 314 g/mol. The summed E-state index contributed by atoms with van der Waals surface area (Å²) in [5.74, 6) is 0.679. The Labute approximate surface area is 117 Å². The number of methoxy groups -OCH3 is 1. The van der Waals surface area contributed by atoms with Crippen LogP contribution >= 0.6 is 15.9 Å². The molecule has 1 N–H and O–H groups in total. The number of nitrogens with one attached hydrogen (secondary N) is 1. The number of aryl methyl sites for hydroxylation is 1. The van der Waals surface area contributed by atoms with Crippen LogP contribution in [0, 0.1) is 6.92 Å². The zero-order chi connectivity index (χ0) is 13.7. The third-order valence-electron chi connectivity index (χ3n) is 2.73. The smallest absolute Gasteiger partial charge is 0.251 e. The lowest BCUT2D eigenvalue weighted by Crippen LogP contribution is -2.33. The fraction of sp³-hybridized carbons (Fsp3) is 0.500. The van der Waals surface area contributed by atoms with Gasteiger partial charge in [0.05, 0.1) is 7.11 Å². The first-order valence-electron chi connectivity index (χ1n) is 6.03. The van der Waals surface area contributed by atoms with Crippen molar-refractivity contribution in [1.29, 1.82) is 0 Å². The highest BCUT2D eigenvalue weighted by Gasteiger charge is 2.12. The van der Waals surface area contributed by atoms with E-state index in [1.807, 2.05) is 26.0 Å². The van der Waals surface area contributed by atoms with Crippen LogP contribution in [-0.4, -0.2) is 23.9 Å². The lowest BCUT2D eigenvalue weighted by Gasteiger charge is -2.15. The number of ether oxygens (including phenoxy) is 1. The molecule has 18 heavy (non-hydrogen) atoms. The van der Waals surface area contributed by atoms with Crippen molar-refractivity contribution in [2.75, 3.05) is 7.11 Å². The van der Waals surface area contributed by atoms with E-state index in [4.69, 9.17) is 4.74 Å². The van der Waals surface area contributed by atoms with Gasteiger partial charge in [0.1, 0.15) is 5.75 Å². The van der Waals surface area contributed by atoms with Gasteiger partial charge in [0.2, 0.25) is 0 Å². The highest BCUT2D eigenvalue weighted by atomic mass is 79.9. The molecule has 4 heteroatoms. The molecule has 0 aliphatic rings. The molecule has 2 unspecified atom stereocenters. The number of amides is 1. The molecule has 0 fully saturated rings. The molecule has 0 aliphatic heterocycles. The summed E-state index contributed by atoms with van der Waals surface area (Å²) in [5, 5.41) is 2.97. The Morgan fingerprint density at radius 3 is 2.67 bits per heavy atom. The zero-order valence-corrected chi connectivity index (χ0v) is 12.9.